The van der Waals surface area contributed by atoms with Crippen LogP contribution in [-0.2, 0) is 28.6 Å². The van der Waals surface area contributed by atoms with Crippen LogP contribution in [0.1, 0.15) is 316 Å². The third-order valence-electron chi connectivity index (χ3n) is 14.0. The molecule has 0 spiro atoms. The van der Waals surface area contributed by atoms with Gasteiger partial charge in [0.05, 0.1) is 0 Å². The molecule has 6 heteroatoms. The van der Waals surface area contributed by atoms with Crippen LogP contribution in [0.15, 0.2) is 97.2 Å². The Kier molecular flexibility index (Phi) is 61.8. The first-order chi connectivity index (χ1) is 38.0. The summed E-state index contributed by atoms with van der Waals surface area (Å²) in [4.78, 5) is 38.3. The summed E-state index contributed by atoms with van der Waals surface area (Å²) >= 11 is 0. The Morgan fingerprint density at radius 3 is 0.818 bits per heavy atom. The molecule has 0 radical (unpaired) electrons. The standard InChI is InChI=1S/C71H122O6/c1-4-7-10-13-16-19-22-25-27-29-30-31-32-33-34-35-36-37-38-39-40-42-43-46-49-52-55-58-61-64-70(73)76-67-68(66-75-69(72)63-60-57-54-51-48-45-24-21-18-15-12-9-6-3)77-71(74)65-62-59-56-53-50-47-44-41-28-26-23-20-17-14-11-8-5-2/h8,11,17,20-22,24-26,28-30,32-33,44,47,68H,4-7,9-10,12-16,18-19,23,27,31,34-43,45-46,48-67H2,1-3H3/b11-8-,20-17-,24-21-,25-22-,28-26-,30-29-,33-32-,47-44-. The van der Waals surface area contributed by atoms with E-state index in [1.807, 2.05) is 0 Å². The Morgan fingerprint density at radius 2 is 0.506 bits per heavy atom. The van der Waals surface area contributed by atoms with E-state index in [0.717, 1.165) is 116 Å². The molecule has 0 aromatic heterocycles. The summed E-state index contributed by atoms with van der Waals surface area (Å²) in [5.41, 5.74) is 0. The van der Waals surface area contributed by atoms with Crippen LogP contribution in [-0.4, -0.2) is 37.2 Å². The summed E-state index contributed by atoms with van der Waals surface area (Å²) in [6, 6.07) is 0. The minimum atomic E-state index is -0.795. The smallest absolute Gasteiger partial charge is 0.306 e. The summed E-state index contributed by atoms with van der Waals surface area (Å²) < 4.78 is 16.9. The molecule has 0 saturated heterocycles. The molecule has 0 rings (SSSR count). The summed E-state index contributed by atoms with van der Waals surface area (Å²) in [6.45, 7) is 6.49. The highest BCUT2D eigenvalue weighted by molar-refractivity contribution is 5.71. The molecule has 0 aliphatic heterocycles. The van der Waals surface area contributed by atoms with Gasteiger partial charge in [0.15, 0.2) is 6.10 Å². The lowest BCUT2D eigenvalue weighted by molar-refractivity contribution is -0.167. The van der Waals surface area contributed by atoms with Gasteiger partial charge in [-0.25, -0.2) is 0 Å². The van der Waals surface area contributed by atoms with E-state index in [-0.39, 0.29) is 31.1 Å². The van der Waals surface area contributed by atoms with Gasteiger partial charge in [0.2, 0.25) is 0 Å². The molecule has 0 N–H and O–H groups in total. The van der Waals surface area contributed by atoms with E-state index in [0.29, 0.717) is 19.3 Å². The molecule has 0 fully saturated rings. The SMILES string of the molecule is CC/C=C\C/C=C\C/C=C\C/C=C\CCCCCCC(=O)OC(COC(=O)CCCCCCC/C=C\CCCCCC)COC(=O)CCCCCCCCCCCCCCCC/C=C\C/C=C\C/C=C\CCCCCCC. The summed E-state index contributed by atoms with van der Waals surface area (Å²) in [7, 11) is 0. The fraction of sp³-hybridized carbons (Fsp3) is 0.732. The molecule has 77 heavy (non-hydrogen) atoms. The molecule has 0 amide bonds. The van der Waals surface area contributed by atoms with Crippen molar-refractivity contribution in [2.75, 3.05) is 13.2 Å². The second-order valence-electron chi connectivity index (χ2n) is 21.6. The van der Waals surface area contributed by atoms with Gasteiger partial charge in [-0.2, -0.15) is 0 Å². The predicted molar refractivity (Wildman–Crippen MR) is 334 cm³/mol. The van der Waals surface area contributed by atoms with Crippen molar-refractivity contribution < 1.29 is 28.6 Å². The van der Waals surface area contributed by atoms with Crippen LogP contribution in [0.5, 0.6) is 0 Å². The highest BCUT2D eigenvalue weighted by Gasteiger charge is 2.19. The van der Waals surface area contributed by atoms with Crippen molar-refractivity contribution in [2.45, 2.75) is 322 Å². The topological polar surface area (TPSA) is 78.9 Å². The van der Waals surface area contributed by atoms with Crippen LogP contribution < -0.4 is 0 Å². The molecule has 0 aromatic carbocycles. The summed E-state index contributed by atoms with van der Waals surface area (Å²) in [5, 5.41) is 0. The molecule has 1 atom stereocenters. The van der Waals surface area contributed by atoms with E-state index in [9.17, 15) is 14.4 Å². The maximum Gasteiger partial charge on any atom is 0.306 e. The van der Waals surface area contributed by atoms with Crippen LogP contribution in [0.25, 0.3) is 0 Å². The van der Waals surface area contributed by atoms with E-state index in [1.54, 1.807) is 0 Å². The van der Waals surface area contributed by atoms with E-state index in [2.05, 4.69) is 118 Å². The van der Waals surface area contributed by atoms with Gasteiger partial charge in [-0.3, -0.25) is 14.4 Å². The number of unbranched alkanes of at least 4 members (excludes halogenated alkanes) is 32. The number of hydrogen-bond donors (Lipinski definition) is 0. The average molecular weight is 1070 g/mol. The molecule has 442 valence electrons. The second kappa shape index (κ2) is 64.9. The second-order valence-corrected chi connectivity index (χ2v) is 21.6. The van der Waals surface area contributed by atoms with Crippen molar-refractivity contribution in [2.24, 2.45) is 0 Å². The normalized spacial score (nSPS) is 12.7. The van der Waals surface area contributed by atoms with Crippen molar-refractivity contribution in [3.8, 4) is 0 Å². The largest absolute Gasteiger partial charge is 0.462 e. The molecule has 0 heterocycles. The maximum atomic E-state index is 12.9. The maximum absolute atomic E-state index is 12.9. The minimum absolute atomic E-state index is 0.0895. The fourth-order valence-corrected chi connectivity index (χ4v) is 9.14. The van der Waals surface area contributed by atoms with Crippen LogP contribution >= 0.6 is 0 Å². The number of rotatable bonds is 59. The predicted octanol–water partition coefficient (Wildman–Crippen LogP) is 22.4. The first-order valence-electron chi connectivity index (χ1n) is 32.7. The Hall–Kier alpha value is -3.67. The number of carbonyl (C=O) groups excluding carboxylic acids is 3. The number of hydrogen-bond acceptors (Lipinski definition) is 6. The van der Waals surface area contributed by atoms with Crippen molar-refractivity contribution in [1.29, 1.82) is 0 Å². The quantitative estimate of drug-likeness (QED) is 0.0261. The lowest BCUT2D eigenvalue weighted by Gasteiger charge is -2.18. The molecule has 0 saturated carbocycles. The molecule has 0 aliphatic rings. The molecule has 1 unspecified atom stereocenters. The highest BCUT2D eigenvalue weighted by Crippen LogP contribution is 2.16. The Labute approximate surface area is 477 Å². The molecule has 6 nitrogen and oxygen atoms in total. The van der Waals surface area contributed by atoms with Crippen LogP contribution in [0.2, 0.25) is 0 Å². The van der Waals surface area contributed by atoms with Crippen molar-refractivity contribution in [3.63, 3.8) is 0 Å². The van der Waals surface area contributed by atoms with Gasteiger partial charge < -0.3 is 14.2 Å². The zero-order valence-electron chi connectivity index (χ0n) is 50.7. The third-order valence-corrected chi connectivity index (χ3v) is 14.0. The monoisotopic (exact) mass is 1070 g/mol. The minimum Gasteiger partial charge on any atom is -0.462 e. The van der Waals surface area contributed by atoms with E-state index in [1.165, 1.54) is 161 Å². The van der Waals surface area contributed by atoms with Gasteiger partial charge in [0, 0.05) is 19.3 Å². The first kappa shape index (κ1) is 73.3. The van der Waals surface area contributed by atoms with Gasteiger partial charge in [-0.05, 0) is 122 Å². The van der Waals surface area contributed by atoms with Crippen LogP contribution in [0.4, 0.5) is 0 Å². The Bertz CT molecular complexity index is 1510. The molecule has 0 aromatic rings. The van der Waals surface area contributed by atoms with Crippen LogP contribution in [0, 0.1) is 0 Å². The lowest BCUT2D eigenvalue weighted by Crippen LogP contribution is -2.30. The number of esters is 3. The summed E-state index contributed by atoms with van der Waals surface area (Å²) in [6.07, 6.45) is 87.1. The van der Waals surface area contributed by atoms with E-state index in [4.69, 9.17) is 14.2 Å². The average Bonchev–Trinajstić information content (AvgIpc) is 3.43. The van der Waals surface area contributed by atoms with Gasteiger partial charge in [-0.15, -0.1) is 0 Å². The number of allylic oxidation sites excluding steroid dienone is 16. The van der Waals surface area contributed by atoms with Crippen molar-refractivity contribution in [1.82, 2.24) is 0 Å². The number of ether oxygens (including phenoxy) is 3. The Morgan fingerprint density at radius 1 is 0.273 bits per heavy atom. The first-order valence-corrected chi connectivity index (χ1v) is 32.7. The van der Waals surface area contributed by atoms with Crippen LogP contribution in [0.3, 0.4) is 0 Å². The van der Waals surface area contributed by atoms with E-state index < -0.39 is 6.10 Å². The van der Waals surface area contributed by atoms with Crippen molar-refractivity contribution in [3.05, 3.63) is 97.2 Å². The Balaban J connectivity index is 4.27. The van der Waals surface area contributed by atoms with Gasteiger partial charge in [0.25, 0.3) is 0 Å². The summed E-state index contributed by atoms with van der Waals surface area (Å²) in [5.74, 6) is -0.914. The van der Waals surface area contributed by atoms with Gasteiger partial charge in [-0.1, -0.05) is 272 Å². The van der Waals surface area contributed by atoms with E-state index >= 15 is 0 Å². The molecule has 0 aliphatic carbocycles. The van der Waals surface area contributed by atoms with Crippen molar-refractivity contribution >= 4 is 17.9 Å². The van der Waals surface area contributed by atoms with Gasteiger partial charge >= 0.3 is 17.9 Å². The molecule has 0 bridgehead atoms. The zero-order valence-corrected chi connectivity index (χ0v) is 50.7. The third kappa shape index (κ3) is 63.0. The van der Waals surface area contributed by atoms with Gasteiger partial charge in [0.1, 0.15) is 13.2 Å². The molecular weight excluding hydrogens is 949 g/mol. The fourth-order valence-electron chi connectivity index (χ4n) is 9.14. The number of carbonyl (C=O) groups is 3. The highest BCUT2D eigenvalue weighted by atomic mass is 16.6. The zero-order chi connectivity index (χ0) is 55.7. The lowest BCUT2D eigenvalue weighted by atomic mass is 10.0. The molecular formula is C71H122O6.